The van der Waals surface area contributed by atoms with Gasteiger partial charge in [-0.3, -0.25) is 9.59 Å². The average Bonchev–Trinajstić information content (AvgIpc) is 3.31. The Labute approximate surface area is 199 Å². The van der Waals surface area contributed by atoms with Crippen molar-refractivity contribution in [2.75, 3.05) is 5.32 Å². The van der Waals surface area contributed by atoms with Crippen LogP contribution in [0.15, 0.2) is 72.8 Å². The quantitative estimate of drug-likeness (QED) is 0.383. The molecular formula is C25H21FN4O3S. The maximum absolute atomic E-state index is 13.2. The van der Waals surface area contributed by atoms with E-state index in [0.29, 0.717) is 21.8 Å². The molecule has 172 valence electrons. The first-order valence-electron chi connectivity index (χ1n) is 10.4. The predicted molar refractivity (Wildman–Crippen MR) is 127 cm³/mol. The second-order valence-corrected chi connectivity index (χ2v) is 8.51. The molecule has 0 saturated heterocycles. The molecule has 34 heavy (non-hydrogen) atoms. The van der Waals surface area contributed by atoms with Gasteiger partial charge in [0.2, 0.25) is 5.01 Å². The van der Waals surface area contributed by atoms with E-state index in [1.165, 1.54) is 12.1 Å². The van der Waals surface area contributed by atoms with Crippen LogP contribution in [0, 0.1) is 12.7 Å². The van der Waals surface area contributed by atoms with Crippen molar-refractivity contribution in [1.82, 2.24) is 15.5 Å². The van der Waals surface area contributed by atoms with Gasteiger partial charge in [0.05, 0.1) is 0 Å². The van der Waals surface area contributed by atoms with Crippen LogP contribution in [-0.4, -0.2) is 22.0 Å². The van der Waals surface area contributed by atoms with E-state index >= 15 is 0 Å². The molecule has 0 fully saturated rings. The van der Waals surface area contributed by atoms with Crippen LogP contribution in [0.5, 0.6) is 5.75 Å². The number of anilines is 1. The molecule has 7 nitrogen and oxygen atoms in total. The molecule has 0 spiro atoms. The zero-order chi connectivity index (χ0) is 23.9. The Morgan fingerprint density at radius 3 is 2.53 bits per heavy atom. The predicted octanol–water partition coefficient (Wildman–Crippen LogP) is 4.75. The minimum atomic E-state index is -0.400. The summed E-state index contributed by atoms with van der Waals surface area (Å²) in [6.07, 6.45) is 0. The number of rotatable bonds is 8. The van der Waals surface area contributed by atoms with E-state index in [9.17, 15) is 14.0 Å². The lowest BCUT2D eigenvalue weighted by molar-refractivity contribution is 0.0950. The SMILES string of the molecule is Cc1cccc(OCc2nnc(C(=O)Nc3ccc(C(=O)NCc4cccc(F)c4)cc3)s2)c1. The number of hydrogen-bond acceptors (Lipinski definition) is 6. The molecule has 1 aromatic heterocycles. The van der Waals surface area contributed by atoms with E-state index in [1.54, 1.807) is 36.4 Å². The standard InChI is InChI=1S/C25H21FN4O3S/c1-16-4-2-7-21(12-16)33-15-22-29-30-25(34-22)24(32)28-20-10-8-18(9-11-20)23(31)27-14-17-5-3-6-19(26)13-17/h2-13H,14-15H2,1H3,(H,27,31)(H,28,32). The maximum atomic E-state index is 13.2. The minimum absolute atomic E-state index is 0.208. The average molecular weight is 477 g/mol. The number of hydrogen-bond donors (Lipinski definition) is 2. The van der Waals surface area contributed by atoms with E-state index in [0.717, 1.165) is 22.6 Å². The number of halogens is 1. The van der Waals surface area contributed by atoms with Crippen LogP contribution >= 0.6 is 11.3 Å². The Bertz CT molecular complexity index is 1310. The van der Waals surface area contributed by atoms with Gasteiger partial charge in [-0.1, -0.05) is 35.6 Å². The van der Waals surface area contributed by atoms with Crippen LogP contribution in [0.4, 0.5) is 10.1 Å². The van der Waals surface area contributed by atoms with Crippen LogP contribution in [0.1, 0.15) is 36.3 Å². The molecule has 2 amide bonds. The summed E-state index contributed by atoms with van der Waals surface area (Å²) >= 11 is 1.15. The number of ether oxygens (including phenoxy) is 1. The summed E-state index contributed by atoms with van der Waals surface area (Å²) in [7, 11) is 0. The lowest BCUT2D eigenvalue weighted by Crippen LogP contribution is -2.22. The fraction of sp³-hybridized carbons (Fsp3) is 0.120. The molecule has 0 aliphatic carbocycles. The molecule has 9 heteroatoms. The number of amides is 2. The van der Waals surface area contributed by atoms with Gasteiger partial charge in [0.1, 0.15) is 18.2 Å². The van der Waals surface area contributed by atoms with E-state index in [-0.39, 0.29) is 29.9 Å². The summed E-state index contributed by atoms with van der Waals surface area (Å²) < 4.78 is 18.9. The van der Waals surface area contributed by atoms with Gasteiger partial charge in [0, 0.05) is 17.8 Å². The minimum Gasteiger partial charge on any atom is -0.486 e. The van der Waals surface area contributed by atoms with E-state index in [4.69, 9.17) is 4.74 Å². The summed E-state index contributed by atoms with van der Waals surface area (Å²) in [5.74, 6) is -0.332. The molecule has 0 atom stereocenters. The summed E-state index contributed by atoms with van der Waals surface area (Å²) in [5, 5.41) is 14.2. The van der Waals surface area contributed by atoms with Crippen molar-refractivity contribution in [2.24, 2.45) is 0 Å². The van der Waals surface area contributed by atoms with E-state index in [2.05, 4.69) is 20.8 Å². The Morgan fingerprint density at radius 2 is 1.76 bits per heavy atom. The third kappa shape index (κ3) is 6.23. The fourth-order valence-corrected chi connectivity index (χ4v) is 3.72. The number of aryl methyl sites for hydroxylation is 1. The number of aromatic nitrogens is 2. The van der Waals surface area contributed by atoms with Crippen molar-refractivity contribution in [1.29, 1.82) is 0 Å². The van der Waals surface area contributed by atoms with Crippen molar-refractivity contribution >= 4 is 28.8 Å². The van der Waals surface area contributed by atoms with Crippen LogP contribution < -0.4 is 15.4 Å². The zero-order valence-electron chi connectivity index (χ0n) is 18.2. The van der Waals surface area contributed by atoms with Crippen LogP contribution in [-0.2, 0) is 13.2 Å². The first-order valence-corrected chi connectivity index (χ1v) is 11.2. The second kappa shape index (κ2) is 10.7. The molecular weight excluding hydrogens is 455 g/mol. The van der Waals surface area contributed by atoms with E-state index in [1.807, 2.05) is 31.2 Å². The Hall–Kier alpha value is -4.11. The highest BCUT2D eigenvalue weighted by Crippen LogP contribution is 2.18. The van der Waals surface area contributed by atoms with Gasteiger partial charge in [-0.05, 0) is 66.6 Å². The van der Waals surface area contributed by atoms with Gasteiger partial charge >= 0.3 is 0 Å². The largest absolute Gasteiger partial charge is 0.486 e. The molecule has 0 aliphatic rings. The summed E-state index contributed by atoms with van der Waals surface area (Å²) in [5.41, 5.74) is 2.68. The first-order chi connectivity index (χ1) is 16.5. The van der Waals surface area contributed by atoms with E-state index < -0.39 is 5.91 Å². The Balaban J connectivity index is 1.29. The molecule has 0 unspecified atom stereocenters. The second-order valence-electron chi connectivity index (χ2n) is 7.45. The first kappa shape index (κ1) is 23.1. The normalized spacial score (nSPS) is 10.5. The maximum Gasteiger partial charge on any atom is 0.286 e. The molecule has 0 bridgehead atoms. The molecule has 2 N–H and O–H groups in total. The number of nitrogens with zero attached hydrogens (tertiary/aromatic N) is 2. The van der Waals surface area contributed by atoms with Crippen molar-refractivity contribution in [3.8, 4) is 5.75 Å². The van der Waals surface area contributed by atoms with Crippen LogP contribution in [0.25, 0.3) is 0 Å². The highest BCUT2D eigenvalue weighted by molar-refractivity contribution is 7.13. The number of carbonyl (C=O) groups is 2. The third-order valence-corrected chi connectivity index (χ3v) is 5.66. The number of benzene rings is 3. The molecule has 0 aliphatic heterocycles. The summed E-state index contributed by atoms with van der Waals surface area (Å²) in [4.78, 5) is 24.8. The van der Waals surface area contributed by atoms with Crippen LogP contribution in [0.2, 0.25) is 0 Å². The van der Waals surface area contributed by atoms with Crippen molar-refractivity contribution in [3.63, 3.8) is 0 Å². The number of carbonyl (C=O) groups excluding carboxylic acids is 2. The third-order valence-electron chi connectivity index (χ3n) is 4.76. The Kier molecular flexibility index (Phi) is 7.24. The van der Waals surface area contributed by atoms with Gasteiger partial charge < -0.3 is 15.4 Å². The van der Waals surface area contributed by atoms with Crippen LogP contribution in [0.3, 0.4) is 0 Å². The zero-order valence-corrected chi connectivity index (χ0v) is 19.1. The lowest BCUT2D eigenvalue weighted by Gasteiger charge is -2.07. The molecule has 0 radical (unpaired) electrons. The lowest BCUT2D eigenvalue weighted by atomic mass is 10.1. The van der Waals surface area contributed by atoms with Gasteiger partial charge in [0.15, 0.2) is 5.01 Å². The molecule has 4 aromatic rings. The molecule has 4 rings (SSSR count). The molecule has 0 saturated carbocycles. The summed E-state index contributed by atoms with van der Waals surface area (Å²) in [6.45, 7) is 2.40. The van der Waals surface area contributed by atoms with Gasteiger partial charge in [0.25, 0.3) is 11.8 Å². The van der Waals surface area contributed by atoms with Gasteiger partial charge in [-0.15, -0.1) is 10.2 Å². The Morgan fingerprint density at radius 1 is 0.971 bits per heavy atom. The van der Waals surface area contributed by atoms with Gasteiger partial charge in [-0.25, -0.2) is 4.39 Å². The van der Waals surface area contributed by atoms with Crippen molar-refractivity contribution < 1.29 is 18.7 Å². The monoisotopic (exact) mass is 476 g/mol. The smallest absolute Gasteiger partial charge is 0.286 e. The molecule has 1 heterocycles. The van der Waals surface area contributed by atoms with Crippen molar-refractivity contribution in [3.05, 3.63) is 105 Å². The van der Waals surface area contributed by atoms with Crippen molar-refractivity contribution in [2.45, 2.75) is 20.1 Å². The summed E-state index contributed by atoms with van der Waals surface area (Å²) in [6, 6.07) is 20.1. The molecule has 3 aromatic carbocycles. The number of nitrogens with one attached hydrogen (secondary N) is 2. The highest BCUT2D eigenvalue weighted by atomic mass is 32.1. The fourth-order valence-electron chi connectivity index (χ4n) is 3.07. The van der Waals surface area contributed by atoms with Gasteiger partial charge in [-0.2, -0.15) is 0 Å². The highest BCUT2D eigenvalue weighted by Gasteiger charge is 2.14. The topological polar surface area (TPSA) is 93.2 Å².